The molecule has 0 spiro atoms. The van der Waals surface area contributed by atoms with Crippen LogP contribution in [0.2, 0.25) is 0 Å². The van der Waals surface area contributed by atoms with Gasteiger partial charge in [0.25, 0.3) is 0 Å². The number of hydrogen-bond donors (Lipinski definition) is 1. The van der Waals surface area contributed by atoms with E-state index in [1.165, 1.54) is 0 Å². The molecule has 0 unspecified atom stereocenters. The van der Waals surface area contributed by atoms with Gasteiger partial charge >= 0.3 is 5.97 Å². The summed E-state index contributed by atoms with van der Waals surface area (Å²) in [7, 11) is 1.64. The smallest absolute Gasteiger partial charge is 0.310 e. The lowest BCUT2D eigenvalue weighted by Gasteiger charge is -2.05. The maximum Gasteiger partial charge on any atom is 0.310 e. The average Bonchev–Trinajstić information content (AvgIpc) is 2.88. The number of nitrogens with one attached hydrogen (secondary N) is 1. The highest BCUT2D eigenvalue weighted by atomic mass is 16.5. The zero-order valence-electron chi connectivity index (χ0n) is 13.3. The molecule has 0 aliphatic heterocycles. The lowest BCUT2D eigenvalue weighted by molar-refractivity contribution is -0.144. The third-order valence-corrected chi connectivity index (χ3v) is 3.89. The van der Waals surface area contributed by atoms with Crippen LogP contribution in [-0.4, -0.2) is 18.1 Å². The lowest BCUT2D eigenvalue weighted by Crippen LogP contribution is -2.08. The molecule has 2 aromatic carbocycles. The number of benzene rings is 2. The molecule has 0 saturated carbocycles. The van der Waals surface area contributed by atoms with Gasteiger partial charge < -0.3 is 14.5 Å². The number of aromatic nitrogens is 1. The fourth-order valence-corrected chi connectivity index (χ4v) is 2.66. The van der Waals surface area contributed by atoms with Gasteiger partial charge in [0, 0.05) is 22.7 Å². The summed E-state index contributed by atoms with van der Waals surface area (Å²) >= 11 is 0. The Morgan fingerprint density at radius 2 is 1.91 bits per heavy atom. The maximum absolute atomic E-state index is 12.1. The van der Waals surface area contributed by atoms with Crippen LogP contribution in [0.1, 0.15) is 16.8 Å². The van der Waals surface area contributed by atoms with Crippen LogP contribution in [0.3, 0.4) is 0 Å². The van der Waals surface area contributed by atoms with Gasteiger partial charge in [0.1, 0.15) is 12.4 Å². The van der Waals surface area contributed by atoms with Gasteiger partial charge in [0.2, 0.25) is 0 Å². The van der Waals surface area contributed by atoms with E-state index in [0.717, 1.165) is 33.5 Å². The minimum atomic E-state index is -0.228. The molecule has 0 atom stereocenters. The molecule has 4 nitrogen and oxygen atoms in total. The van der Waals surface area contributed by atoms with Crippen molar-refractivity contribution in [2.45, 2.75) is 20.0 Å². The van der Waals surface area contributed by atoms with E-state index in [1.54, 1.807) is 7.11 Å². The molecule has 3 aromatic rings. The van der Waals surface area contributed by atoms with Crippen LogP contribution in [0.5, 0.6) is 5.75 Å². The Morgan fingerprint density at radius 1 is 1.13 bits per heavy atom. The number of aromatic amines is 1. The summed E-state index contributed by atoms with van der Waals surface area (Å²) in [5.74, 6) is 0.561. The fourth-order valence-electron chi connectivity index (χ4n) is 2.66. The van der Waals surface area contributed by atoms with Crippen molar-refractivity contribution in [2.75, 3.05) is 7.11 Å². The van der Waals surface area contributed by atoms with Crippen LogP contribution in [0.4, 0.5) is 0 Å². The molecular formula is C19H19NO3. The predicted octanol–water partition coefficient (Wildman–Crippen LogP) is 3.77. The first-order chi connectivity index (χ1) is 11.2. The highest BCUT2D eigenvalue weighted by Gasteiger charge is 2.14. The molecule has 0 bridgehead atoms. The Labute approximate surface area is 135 Å². The fraction of sp³-hybridized carbons (Fsp3) is 0.211. The topological polar surface area (TPSA) is 51.3 Å². The molecule has 23 heavy (non-hydrogen) atoms. The van der Waals surface area contributed by atoms with Gasteiger partial charge in [0.15, 0.2) is 0 Å². The van der Waals surface area contributed by atoms with E-state index >= 15 is 0 Å². The molecule has 0 saturated heterocycles. The van der Waals surface area contributed by atoms with Crippen molar-refractivity contribution in [3.8, 4) is 5.75 Å². The zero-order chi connectivity index (χ0) is 16.2. The van der Waals surface area contributed by atoms with E-state index in [1.807, 2.05) is 55.5 Å². The molecule has 4 heteroatoms. The van der Waals surface area contributed by atoms with Gasteiger partial charge in [-0.25, -0.2) is 0 Å². The number of carbonyl (C=O) groups is 1. The van der Waals surface area contributed by atoms with Crippen molar-refractivity contribution in [3.05, 3.63) is 65.4 Å². The van der Waals surface area contributed by atoms with E-state index in [9.17, 15) is 4.79 Å². The van der Waals surface area contributed by atoms with Crippen LogP contribution >= 0.6 is 0 Å². The highest BCUT2D eigenvalue weighted by molar-refractivity contribution is 5.89. The quantitative estimate of drug-likeness (QED) is 0.730. The van der Waals surface area contributed by atoms with Gasteiger partial charge in [-0.1, -0.05) is 30.3 Å². The third-order valence-electron chi connectivity index (χ3n) is 3.89. The number of rotatable bonds is 5. The standard InChI is InChI=1S/C19H19NO3/c1-13-17(16-9-8-15(22-2)10-18(16)20-13)11-19(21)23-12-14-6-4-3-5-7-14/h3-10,20H,11-12H2,1-2H3. The normalized spacial score (nSPS) is 10.7. The second-order valence-electron chi connectivity index (χ2n) is 5.46. The zero-order valence-corrected chi connectivity index (χ0v) is 13.3. The Kier molecular flexibility index (Phi) is 4.33. The molecule has 118 valence electrons. The third kappa shape index (κ3) is 3.37. The van der Waals surface area contributed by atoms with Gasteiger partial charge in [-0.15, -0.1) is 0 Å². The molecule has 1 N–H and O–H groups in total. The summed E-state index contributed by atoms with van der Waals surface area (Å²) in [4.78, 5) is 15.4. The van der Waals surface area contributed by atoms with E-state index < -0.39 is 0 Å². The van der Waals surface area contributed by atoms with Crippen LogP contribution in [0.25, 0.3) is 10.9 Å². The van der Waals surface area contributed by atoms with Crippen LogP contribution in [0, 0.1) is 6.92 Å². The first-order valence-electron chi connectivity index (χ1n) is 7.52. The van der Waals surface area contributed by atoms with Crippen molar-refractivity contribution >= 4 is 16.9 Å². The first kappa shape index (κ1) is 15.2. The number of ether oxygens (including phenoxy) is 2. The molecule has 1 aromatic heterocycles. The number of aryl methyl sites for hydroxylation is 1. The minimum absolute atomic E-state index is 0.228. The van der Waals surface area contributed by atoms with E-state index in [-0.39, 0.29) is 12.4 Å². The van der Waals surface area contributed by atoms with E-state index in [2.05, 4.69) is 4.98 Å². The van der Waals surface area contributed by atoms with Crippen molar-refractivity contribution in [1.29, 1.82) is 0 Å². The summed E-state index contributed by atoms with van der Waals surface area (Å²) in [5.41, 5.74) is 3.90. The summed E-state index contributed by atoms with van der Waals surface area (Å²) < 4.78 is 10.6. The van der Waals surface area contributed by atoms with Crippen molar-refractivity contribution in [3.63, 3.8) is 0 Å². The van der Waals surface area contributed by atoms with Gasteiger partial charge in [-0.05, 0) is 30.2 Å². The summed E-state index contributed by atoms with van der Waals surface area (Å²) in [5, 5.41) is 1.03. The SMILES string of the molecule is COc1ccc2c(CC(=O)OCc3ccccc3)c(C)[nH]c2c1. The second kappa shape index (κ2) is 6.57. The predicted molar refractivity (Wildman–Crippen MR) is 89.5 cm³/mol. The Bertz CT molecular complexity index is 821. The summed E-state index contributed by atoms with van der Waals surface area (Å²) in [6, 6.07) is 15.5. The number of methoxy groups -OCH3 is 1. The Balaban J connectivity index is 1.73. The number of fused-ring (bicyclic) bond motifs is 1. The molecule has 0 fully saturated rings. The number of hydrogen-bond acceptors (Lipinski definition) is 3. The molecule has 1 heterocycles. The summed E-state index contributed by atoms with van der Waals surface area (Å²) in [6.07, 6.45) is 0.255. The molecule has 0 aliphatic rings. The van der Waals surface area contributed by atoms with E-state index in [0.29, 0.717) is 6.61 Å². The van der Waals surface area contributed by atoms with Crippen molar-refractivity contribution in [2.24, 2.45) is 0 Å². The second-order valence-corrected chi connectivity index (χ2v) is 5.46. The van der Waals surface area contributed by atoms with E-state index in [4.69, 9.17) is 9.47 Å². The van der Waals surface area contributed by atoms with Gasteiger partial charge in [0.05, 0.1) is 13.5 Å². The Hall–Kier alpha value is -2.75. The number of H-pyrrole nitrogens is 1. The number of esters is 1. The molecule has 0 aliphatic carbocycles. The van der Waals surface area contributed by atoms with Crippen LogP contribution in [0.15, 0.2) is 48.5 Å². The highest BCUT2D eigenvalue weighted by Crippen LogP contribution is 2.26. The molecular weight excluding hydrogens is 290 g/mol. The first-order valence-corrected chi connectivity index (χ1v) is 7.52. The Morgan fingerprint density at radius 3 is 2.65 bits per heavy atom. The van der Waals surface area contributed by atoms with Crippen LogP contribution < -0.4 is 4.74 Å². The van der Waals surface area contributed by atoms with Crippen LogP contribution in [-0.2, 0) is 22.6 Å². The van der Waals surface area contributed by atoms with Crippen molar-refractivity contribution in [1.82, 2.24) is 4.98 Å². The van der Waals surface area contributed by atoms with Gasteiger partial charge in [-0.2, -0.15) is 0 Å². The van der Waals surface area contributed by atoms with Gasteiger partial charge in [-0.3, -0.25) is 4.79 Å². The average molecular weight is 309 g/mol. The number of carbonyl (C=O) groups excluding carboxylic acids is 1. The molecule has 0 radical (unpaired) electrons. The minimum Gasteiger partial charge on any atom is -0.497 e. The lowest BCUT2D eigenvalue weighted by atomic mass is 10.1. The summed E-state index contributed by atoms with van der Waals surface area (Å²) in [6.45, 7) is 2.27. The molecule has 0 amide bonds. The maximum atomic E-state index is 12.1. The molecule has 3 rings (SSSR count). The van der Waals surface area contributed by atoms with Crippen molar-refractivity contribution < 1.29 is 14.3 Å². The largest absolute Gasteiger partial charge is 0.497 e. The monoisotopic (exact) mass is 309 g/mol.